The third-order valence-corrected chi connectivity index (χ3v) is 2.79. The standard InChI is InChI=1S/C14H19ClN2/c1-11(2)8-14(10-16)17-7-6-12-4-3-5-13(15)9-12/h3-5,9,11,14,17H,6-8H2,1-2H3. The minimum Gasteiger partial charge on any atom is -0.302 e. The Bertz CT molecular complexity index is 382. The lowest BCUT2D eigenvalue weighted by Gasteiger charge is -2.13. The van der Waals surface area contributed by atoms with Crippen molar-refractivity contribution < 1.29 is 0 Å². The van der Waals surface area contributed by atoms with Gasteiger partial charge in [0.2, 0.25) is 0 Å². The predicted molar refractivity (Wildman–Crippen MR) is 72.0 cm³/mol. The Hall–Kier alpha value is -1.04. The summed E-state index contributed by atoms with van der Waals surface area (Å²) < 4.78 is 0. The van der Waals surface area contributed by atoms with Crippen LogP contribution in [0.1, 0.15) is 25.8 Å². The second-order valence-electron chi connectivity index (χ2n) is 4.65. The molecule has 1 N–H and O–H groups in total. The number of benzene rings is 1. The highest BCUT2D eigenvalue weighted by Crippen LogP contribution is 2.11. The molecule has 17 heavy (non-hydrogen) atoms. The monoisotopic (exact) mass is 250 g/mol. The quantitative estimate of drug-likeness (QED) is 0.840. The van der Waals surface area contributed by atoms with E-state index in [0.717, 1.165) is 24.4 Å². The summed E-state index contributed by atoms with van der Waals surface area (Å²) in [6.07, 6.45) is 1.79. The van der Waals surface area contributed by atoms with Crippen LogP contribution in [0.4, 0.5) is 0 Å². The van der Waals surface area contributed by atoms with Crippen LogP contribution in [-0.4, -0.2) is 12.6 Å². The van der Waals surface area contributed by atoms with Crippen LogP contribution in [-0.2, 0) is 6.42 Å². The van der Waals surface area contributed by atoms with Gasteiger partial charge in [0, 0.05) is 11.6 Å². The predicted octanol–water partition coefficient (Wildman–Crippen LogP) is 3.41. The zero-order valence-corrected chi connectivity index (χ0v) is 11.2. The second kappa shape index (κ2) is 7.32. The van der Waals surface area contributed by atoms with E-state index >= 15 is 0 Å². The van der Waals surface area contributed by atoms with Crippen molar-refractivity contribution in [1.29, 1.82) is 5.26 Å². The van der Waals surface area contributed by atoms with Crippen molar-refractivity contribution in [2.45, 2.75) is 32.7 Å². The van der Waals surface area contributed by atoms with Gasteiger partial charge in [-0.1, -0.05) is 37.6 Å². The van der Waals surface area contributed by atoms with E-state index in [4.69, 9.17) is 16.9 Å². The number of nitrogens with zero attached hydrogens (tertiary/aromatic N) is 1. The third kappa shape index (κ3) is 5.72. The van der Waals surface area contributed by atoms with Crippen LogP contribution < -0.4 is 5.32 Å². The number of hydrogen-bond donors (Lipinski definition) is 1. The molecule has 92 valence electrons. The summed E-state index contributed by atoms with van der Waals surface area (Å²) in [5.41, 5.74) is 1.20. The zero-order valence-electron chi connectivity index (χ0n) is 10.4. The SMILES string of the molecule is CC(C)CC(C#N)NCCc1cccc(Cl)c1. The van der Waals surface area contributed by atoms with Crippen LogP contribution in [0.2, 0.25) is 5.02 Å². The first-order chi connectivity index (χ1) is 8.11. The highest BCUT2D eigenvalue weighted by Gasteiger charge is 2.08. The Morgan fingerprint density at radius 3 is 2.76 bits per heavy atom. The number of hydrogen-bond acceptors (Lipinski definition) is 2. The summed E-state index contributed by atoms with van der Waals surface area (Å²) in [5.74, 6) is 0.540. The van der Waals surface area contributed by atoms with Crippen molar-refractivity contribution in [3.8, 4) is 6.07 Å². The minimum absolute atomic E-state index is 0.0471. The average Bonchev–Trinajstić information content (AvgIpc) is 2.27. The van der Waals surface area contributed by atoms with Crippen molar-refractivity contribution in [2.24, 2.45) is 5.92 Å². The number of nitriles is 1. The normalized spacial score (nSPS) is 12.4. The van der Waals surface area contributed by atoms with E-state index in [1.165, 1.54) is 5.56 Å². The number of halogens is 1. The molecule has 0 aliphatic rings. The molecule has 0 saturated heterocycles. The van der Waals surface area contributed by atoms with Gasteiger partial charge < -0.3 is 5.32 Å². The van der Waals surface area contributed by atoms with Crippen LogP contribution in [0, 0.1) is 17.2 Å². The molecule has 0 heterocycles. The lowest BCUT2D eigenvalue weighted by molar-refractivity contribution is 0.481. The molecule has 0 aliphatic carbocycles. The molecule has 0 bridgehead atoms. The Labute approximate surface area is 109 Å². The zero-order chi connectivity index (χ0) is 12.7. The second-order valence-corrected chi connectivity index (χ2v) is 5.08. The van der Waals surface area contributed by atoms with Gasteiger partial charge in [0.1, 0.15) is 0 Å². The van der Waals surface area contributed by atoms with Crippen molar-refractivity contribution >= 4 is 11.6 Å². The van der Waals surface area contributed by atoms with Crippen molar-refractivity contribution in [3.63, 3.8) is 0 Å². The summed E-state index contributed by atoms with van der Waals surface area (Å²) in [6, 6.07) is 10.1. The minimum atomic E-state index is -0.0471. The first-order valence-electron chi connectivity index (χ1n) is 5.99. The van der Waals surface area contributed by atoms with Gasteiger partial charge in [-0.25, -0.2) is 0 Å². The first kappa shape index (κ1) is 14.0. The molecule has 0 aromatic heterocycles. The molecule has 0 aliphatic heterocycles. The maximum atomic E-state index is 8.98. The molecule has 1 atom stereocenters. The molecule has 1 aromatic rings. The van der Waals surface area contributed by atoms with Gasteiger partial charge in [0.25, 0.3) is 0 Å². The highest BCUT2D eigenvalue weighted by atomic mass is 35.5. The first-order valence-corrected chi connectivity index (χ1v) is 6.37. The number of rotatable bonds is 6. The van der Waals surface area contributed by atoms with E-state index in [1.54, 1.807) is 0 Å². The molecule has 1 aromatic carbocycles. The molecular formula is C14H19ClN2. The van der Waals surface area contributed by atoms with E-state index in [2.05, 4.69) is 31.3 Å². The van der Waals surface area contributed by atoms with E-state index in [1.807, 2.05) is 18.2 Å². The van der Waals surface area contributed by atoms with Crippen molar-refractivity contribution in [1.82, 2.24) is 5.32 Å². The topological polar surface area (TPSA) is 35.8 Å². The fourth-order valence-electron chi connectivity index (χ4n) is 1.74. The largest absolute Gasteiger partial charge is 0.302 e. The molecule has 3 heteroatoms. The van der Waals surface area contributed by atoms with E-state index in [0.29, 0.717) is 5.92 Å². The van der Waals surface area contributed by atoms with Gasteiger partial charge >= 0.3 is 0 Å². The summed E-state index contributed by atoms with van der Waals surface area (Å²) in [5, 5.41) is 13.0. The molecule has 1 unspecified atom stereocenters. The Morgan fingerprint density at radius 1 is 1.41 bits per heavy atom. The Morgan fingerprint density at radius 2 is 2.18 bits per heavy atom. The smallest absolute Gasteiger partial charge is 0.0955 e. The van der Waals surface area contributed by atoms with Crippen LogP contribution in [0.3, 0.4) is 0 Å². The lowest BCUT2D eigenvalue weighted by Crippen LogP contribution is -2.30. The van der Waals surface area contributed by atoms with Gasteiger partial charge in [-0.3, -0.25) is 0 Å². The van der Waals surface area contributed by atoms with Crippen LogP contribution in [0.15, 0.2) is 24.3 Å². The summed E-state index contributed by atoms with van der Waals surface area (Å²) >= 11 is 5.91. The summed E-state index contributed by atoms with van der Waals surface area (Å²) in [4.78, 5) is 0. The Balaban J connectivity index is 2.34. The van der Waals surface area contributed by atoms with E-state index < -0.39 is 0 Å². The molecule has 0 amide bonds. The summed E-state index contributed by atoms with van der Waals surface area (Å²) in [7, 11) is 0. The van der Waals surface area contributed by atoms with Gasteiger partial charge in [-0.2, -0.15) is 5.26 Å². The van der Waals surface area contributed by atoms with Crippen molar-refractivity contribution in [2.75, 3.05) is 6.54 Å². The molecule has 0 spiro atoms. The molecular weight excluding hydrogens is 232 g/mol. The van der Waals surface area contributed by atoms with E-state index in [9.17, 15) is 0 Å². The average molecular weight is 251 g/mol. The molecule has 1 rings (SSSR count). The fourth-order valence-corrected chi connectivity index (χ4v) is 1.95. The van der Waals surface area contributed by atoms with Gasteiger partial charge in [0.15, 0.2) is 0 Å². The van der Waals surface area contributed by atoms with E-state index in [-0.39, 0.29) is 6.04 Å². The third-order valence-electron chi connectivity index (χ3n) is 2.56. The maximum Gasteiger partial charge on any atom is 0.0955 e. The van der Waals surface area contributed by atoms with Gasteiger partial charge in [0.05, 0.1) is 12.1 Å². The highest BCUT2D eigenvalue weighted by molar-refractivity contribution is 6.30. The van der Waals surface area contributed by atoms with Crippen molar-refractivity contribution in [3.05, 3.63) is 34.9 Å². The molecule has 0 saturated carbocycles. The summed E-state index contributed by atoms with van der Waals surface area (Å²) in [6.45, 7) is 5.07. The van der Waals surface area contributed by atoms with Gasteiger partial charge in [-0.05, 0) is 36.5 Å². The molecule has 0 radical (unpaired) electrons. The molecule has 0 fully saturated rings. The van der Waals surface area contributed by atoms with Crippen LogP contribution >= 0.6 is 11.6 Å². The molecule has 2 nitrogen and oxygen atoms in total. The maximum absolute atomic E-state index is 8.98. The van der Waals surface area contributed by atoms with Crippen LogP contribution in [0.25, 0.3) is 0 Å². The number of nitrogens with one attached hydrogen (secondary N) is 1. The Kier molecular flexibility index (Phi) is 6.04. The lowest BCUT2D eigenvalue weighted by atomic mass is 10.0. The van der Waals surface area contributed by atoms with Gasteiger partial charge in [-0.15, -0.1) is 0 Å². The van der Waals surface area contributed by atoms with Crippen LogP contribution in [0.5, 0.6) is 0 Å². The fraction of sp³-hybridized carbons (Fsp3) is 0.500.